The highest BCUT2D eigenvalue weighted by Gasteiger charge is 2.25. The molecule has 0 aliphatic carbocycles. The SMILES string of the molecule is c1ccc(-c2nc(-c3ccccc3)nc(-c3cccc4c3sc3cc5oc6cc(-n7c8ccccc8c8cc(-c9cccc(-c%10nc(-c%11ccccc%11)nc(-c%11cccc%12oc%13ccc%14oc%15cc(-n%16c%17ccccc%17c%17ccccc%17%16)ccc%15c%14c%13c%11%12)n%10)c9)ccc87)ccc6c5cc34)n2)cc1. The third-order valence-corrected chi connectivity index (χ3v) is 21.4. The minimum atomic E-state index is 0.530. The third-order valence-electron chi connectivity index (χ3n) is 20.2. The molecule has 12 heteroatoms. The topological polar surface area (TPSA) is 127 Å². The zero-order chi connectivity index (χ0) is 66.7. The molecular weight excluding hydrogens is 1270 g/mol. The highest BCUT2D eigenvalue weighted by molar-refractivity contribution is 7.26. The first-order valence-corrected chi connectivity index (χ1v) is 34.8. The van der Waals surface area contributed by atoms with Crippen LogP contribution in [0.3, 0.4) is 0 Å². The average molecular weight is 1320 g/mol. The lowest BCUT2D eigenvalue weighted by Gasteiger charge is -2.11. The van der Waals surface area contributed by atoms with Crippen LogP contribution in [0.25, 0.3) is 220 Å². The summed E-state index contributed by atoms with van der Waals surface area (Å²) in [6, 6.07) is 106. The molecule has 0 N–H and O–H groups in total. The van der Waals surface area contributed by atoms with Crippen LogP contribution in [-0.2, 0) is 0 Å². The van der Waals surface area contributed by atoms with Crippen molar-refractivity contribution < 1.29 is 13.3 Å². The van der Waals surface area contributed by atoms with Crippen LogP contribution in [0.2, 0.25) is 0 Å². The van der Waals surface area contributed by atoms with Crippen molar-refractivity contribution in [3.8, 4) is 90.8 Å². The van der Waals surface area contributed by atoms with Crippen molar-refractivity contribution in [2.24, 2.45) is 0 Å². The Morgan fingerprint density at radius 1 is 0.225 bits per heavy atom. The molecule has 22 rings (SSSR count). The molecule has 0 unspecified atom stereocenters. The lowest BCUT2D eigenvalue weighted by molar-refractivity contribution is 0.662. The molecular formula is C90H50N8O3S. The van der Waals surface area contributed by atoms with E-state index in [1.54, 1.807) is 11.3 Å². The lowest BCUT2D eigenvalue weighted by Crippen LogP contribution is -2.00. The first-order valence-electron chi connectivity index (χ1n) is 34.0. The Morgan fingerprint density at radius 3 is 1.31 bits per heavy atom. The third kappa shape index (κ3) is 8.66. The van der Waals surface area contributed by atoms with E-state index in [2.05, 4.69) is 197 Å². The van der Waals surface area contributed by atoms with E-state index in [4.69, 9.17) is 43.2 Å². The van der Waals surface area contributed by atoms with Gasteiger partial charge in [0.1, 0.15) is 33.5 Å². The molecule has 14 aromatic carbocycles. The van der Waals surface area contributed by atoms with E-state index >= 15 is 0 Å². The highest BCUT2D eigenvalue weighted by atomic mass is 32.1. The summed E-state index contributed by atoms with van der Waals surface area (Å²) in [6.45, 7) is 0. The molecule has 0 spiro atoms. The van der Waals surface area contributed by atoms with Crippen LogP contribution in [-0.4, -0.2) is 39.0 Å². The number of hydrogen-bond acceptors (Lipinski definition) is 10. The Kier molecular flexibility index (Phi) is 12.1. The molecule has 0 saturated heterocycles. The van der Waals surface area contributed by atoms with Crippen LogP contribution in [0.15, 0.2) is 317 Å². The van der Waals surface area contributed by atoms with Crippen LogP contribution >= 0.6 is 11.3 Å². The van der Waals surface area contributed by atoms with E-state index < -0.39 is 0 Å². The van der Waals surface area contributed by atoms with Crippen LogP contribution in [0.5, 0.6) is 0 Å². The van der Waals surface area contributed by atoms with E-state index in [0.717, 1.165) is 175 Å². The number of para-hydroxylation sites is 3. The van der Waals surface area contributed by atoms with E-state index in [0.29, 0.717) is 34.9 Å². The molecule has 0 amide bonds. The van der Waals surface area contributed by atoms with E-state index in [-0.39, 0.29) is 0 Å². The summed E-state index contributed by atoms with van der Waals surface area (Å²) >= 11 is 1.74. The van der Waals surface area contributed by atoms with Crippen molar-refractivity contribution in [2.75, 3.05) is 0 Å². The van der Waals surface area contributed by atoms with Gasteiger partial charge in [-0.2, -0.15) is 0 Å². The van der Waals surface area contributed by atoms with Gasteiger partial charge in [-0.25, -0.2) is 29.9 Å². The van der Waals surface area contributed by atoms with Crippen LogP contribution in [0.4, 0.5) is 0 Å². The molecule has 102 heavy (non-hydrogen) atoms. The number of thiophene rings is 1. The maximum absolute atomic E-state index is 6.88. The second-order valence-corrected chi connectivity index (χ2v) is 27.1. The van der Waals surface area contributed by atoms with Gasteiger partial charge in [-0.15, -0.1) is 11.3 Å². The highest BCUT2D eigenvalue weighted by Crippen LogP contribution is 2.47. The summed E-state index contributed by atoms with van der Waals surface area (Å²) < 4.78 is 27.4. The van der Waals surface area contributed by atoms with Gasteiger partial charge in [-0.05, 0) is 108 Å². The van der Waals surface area contributed by atoms with Gasteiger partial charge >= 0.3 is 0 Å². The maximum atomic E-state index is 6.88. The fourth-order valence-corrected chi connectivity index (χ4v) is 16.8. The van der Waals surface area contributed by atoms with Gasteiger partial charge in [0.2, 0.25) is 0 Å². The van der Waals surface area contributed by atoms with E-state index in [1.807, 2.05) is 115 Å². The predicted octanol–water partition coefficient (Wildman–Crippen LogP) is 24.0. The summed E-state index contributed by atoms with van der Waals surface area (Å²) in [5.41, 5.74) is 18.6. The summed E-state index contributed by atoms with van der Waals surface area (Å²) in [4.78, 5) is 31.2. The molecule has 474 valence electrons. The van der Waals surface area contributed by atoms with Gasteiger partial charge in [0.25, 0.3) is 0 Å². The van der Waals surface area contributed by atoms with Gasteiger partial charge in [-0.1, -0.05) is 194 Å². The first kappa shape index (κ1) is 56.3. The largest absolute Gasteiger partial charge is 0.456 e. The van der Waals surface area contributed by atoms with Crippen molar-refractivity contribution in [3.63, 3.8) is 0 Å². The number of benzene rings is 14. The van der Waals surface area contributed by atoms with Crippen molar-refractivity contribution in [2.45, 2.75) is 0 Å². The van der Waals surface area contributed by atoms with Crippen molar-refractivity contribution in [1.29, 1.82) is 0 Å². The Bertz CT molecular complexity index is 7160. The number of furan rings is 3. The standard InChI is InChI=1S/C90H50N8O3S/c1-4-19-51(20-5-1)85-91-86(52-21-6-2-7-22-52)95-90(94-85)66-32-17-30-63-69-49-68-62-40-38-57(47-77(62)101-79(68)50-80(69)102-84(63)66)98-72-35-15-12-29-61(72)67-46-55(37-42-73(67)98)54-25-16-26-56(45-54)88-92-87(53-23-8-3-9-24-53)93-89(96-88)65-31-18-36-74-82(65)83-76(99-74)44-43-75-81(83)64-41-39-58(48-78(64)100-75)97-70-33-13-10-27-59(70)60-28-11-14-34-71(60)97/h1-50H. The zero-order valence-corrected chi connectivity index (χ0v) is 54.9. The number of aromatic nitrogens is 8. The average Bonchev–Trinajstić information content (AvgIpc) is 1.52. The lowest BCUT2D eigenvalue weighted by atomic mass is 10.00. The van der Waals surface area contributed by atoms with Gasteiger partial charge in [0, 0.05) is 131 Å². The summed E-state index contributed by atoms with van der Waals surface area (Å²) in [7, 11) is 0. The molecule has 0 radical (unpaired) electrons. The molecule has 8 aromatic heterocycles. The van der Waals surface area contributed by atoms with Gasteiger partial charge < -0.3 is 22.4 Å². The van der Waals surface area contributed by atoms with Crippen LogP contribution < -0.4 is 0 Å². The monoisotopic (exact) mass is 1320 g/mol. The van der Waals surface area contributed by atoms with Crippen molar-refractivity contribution >= 4 is 141 Å². The molecule has 0 aliphatic rings. The first-order chi connectivity index (χ1) is 50.5. The number of rotatable bonds is 9. The van der Waals surface area contributed by atoms with Crippen LogP contribution in [0, 0.1) is 0 Å². The number of fused-ring (bicyclic) bond motifs is 19. The van der Waals surface area contributed by atoms with Crippen LogP contribution in [0.1, 0.15) is 0 Å². The second kappa shape index (κ2) is 21.9. The van der Waals surface area contributed by atoms with Gasteiger partial charge in [-0.3, -0.25) is 0 Å². The Hall–Kier alpha value is -13.7. The van der Waals surface area contributed by atoms with Gasteiger partial charge in [0.15, 0.2) is 34.9 Å². The fourth-order valence-electron chi connectivity index (χ4n) is 15.6. The zero-order valence-electron chi connectivity index (χ0n) is 54.1. The summed E-state index contributed by atoms with van der Waals surface area (Å²) in [5, 5.41) is 12.9. The minimum absolute atomic E-state index is 0.530. The molecule has 0 atom stereocenters. The normalized spacial score (nSPS) is 12.1. The fraction of sp³-hybridized carbons (Fsp3) is 0. The molecule has 0 saturated carbocycles. The Labute approximate surface area is 583 Å². The predicted molar refractivity (Wildman–Crippen MR) is 415 cm³/mol. The minimum Gasteiger partial charge on any atom is -0.456 e. The molecule has 22 aromatic rings. The smallest absolute Gasteiger partial charge is 0.165 e. The summed E-state index contributed by atoms with van der Waals surface area (Å²) in [6.07, 6.45) is 0. The van der Waals surface area contributed by atoms with Gasteiger partial charge in [0.05, 0.1) is 22.1 Å². The maximum Gasteiger partial charge on any atom is 0.165 e. The van der Waals surface area contributed by atoms with E-state index in [1.165, 1.54) is 10.8 Å². The summed E-state index contributed by atoms with van der Waals surface area (Å²) in [5.74, 6) is 3.54. The second-order valence-electron chi connectivity index (χ2n) is 26.0. The van der Waals surface area contributed by atoms with Crippen molar-refractivity contribution in [3.05, 3.63) is 303 Å². The molecule has 0 aliphatic heterocycles. The molecule has 8 heterocycles. The Morgan fingerprint density at radius 2 is 0.667 bits per heavy atom. The molecule has 0 fully saturated rings. The van der Waals surface area contributed by atoms with E-state index in [9.17, 15) is 0 Å². The molecule has 11 nitrogen and oxygen atoms in total. The number of nitrogens with zero attached hydrogens (tertiary/aromatic N) is 8. The van der Waals surface area contributed by atoms with Crippen molar-refractivity contribution in [1.82, 2.24) is 39.0 Å². The molecule has 0 bridgehead atoms. The Balaban J connectivity index is 0.626. The quantitative estimate of drug-likeness (QED) is 0.139. The number of hydrogen-bond donors (Lipinski definition) is 0.